The lowest BCUT2D eigenvalue weighted by atomic mass is 10.2. The number of hydrogen-bond acceptors (Lipinski definition) is 4. The molecule has 1 aromatic rings. The van der Waals surface area contributed by atoms with E-state index in [9.17, 15) is 14.0 Å². The number of imide groups is 1. The van der Waals surface area contributed by atoms with Crippen molar-refractivity contribution < 1.29 is 14.0 Å². The average molecular weight is 281 g/mol. The molecule has 2 amide bonds. The zero-order valence-corrected chi connectivity index (χ0v) is 11.0. The maximum atomic E-state index is 13.4. The van der Waals surface area contributed by atoms with Crippen molar-refractivity contribution in [1.82, 2.24) is 4.90 Å². The van der Waals surface area contributed by atoms with E-state index in [2.05, 4.69) is 0 Å². The molecule has 92 valence electrons. The second kappa shape index (κ2) is 4.99. The van der Waals surface area contributed by atoms with Crippen LogP contribution in [0.3, 0.4) is 0 Å². The third-order valence-corrected chi connectivity index (χ3v) is 3.60. The van der Waals surface area contributed by atoms with Gasteiger partial charge in [-0.05, 0) is 12.1 Å². The predicted octanol–water partition coefficient (Wildman–Crippen LogP) is 2.57. The Labute approximate surface area is 113 Å². The summed E-state index contributed by atoms with van der Waals surface area (Å²) in [6, 6.07) is 6.08. The Bertz CT molecular complexity index is 583. The summed E-state index contributed by atoms with van der Waals surface area (Å²) in [6.45, 7) is 1.26. The molecule has 1 fully saturated rings. The summed E-state index contributed by atoms with van der Waals surface area (Å²) in [5, 5.41) is 0. The molecule has 2 rings (SSSR count). The number of thioether (sulfide) groups is 1. The normalized spacial score (nSPS) is 17.7. The smallest absolute Gasteiger partial charge is 0.273 e. The Kier molecular flexibility index (Phi) is 3.58. The number of hydrogen-bond donors (Lipinski definition) is 0. The lowest BCUT2D eigenvalue weighted by Gasteiger charge is -2.07. The van der Waals surface area contributed by atoms with Crippen LogP contribution in [0.2, 0.25) is 0 Å². The monoisotopic (exact) mass is 281 g/mol. The average Bonchev–Trinajstić information content (AvgIpc) is 2.57. The van der Waals surface area contributed by atoms with Crippen molar-refractivity contribution in [3.05, 3.63) is 40.6 Å². The van der Waals surface area contributed by atoms with Gasteiger partial charge in [-0.1, -0.05) is 42.2 Å². The van der Waals surface area contributed by atoms with Gasteiger partial charge in [-0.2, -0.15) is 0 Å². The van der Waals surface area contributed by atoms with Crippen LogP contribution in [0.25, 0.3) is 6.08 Å². The second-order valence-electron chi connectivity index (χ2n) is 3.56. The van der Waals surface area contributed by atoms with Crippen LogP contribution in [0.5, 0.6) is 0 Å². The van der Waals surface area contributed by atoms with Crippen LogP contribution in [0.4, 0.5) is 4.39 Å². The molecule has 0 bridgehead atoms. The number of rotatable bonds is 1. The highest BCUT2D eigenvalue weighted by molar-refractivity contribution is 8.26. The lowest BCUT2D eigenvalue weighted by Crippen LogP contribution is -2.32. The third-order valence-electron chi connectivity index (χ3n) is 2.30. The van der Waals surface area contributed by atoms with Crippen molar-refractivity contribution in [3.8, 4) is 0 Å². The van der Waals surface area contributed by atoms with E-state index >= 15 is 0 Å². The summed E-state index contributed by atoms with van der Waals surface area (Å²) in [5.74, 6) is -1.36. The molecule has 0 aromatic heterocycles. The van der Waals surface area contributed by atoms with Gasteiger partial charge in [0.15, 0.2) is 4.32 Å². The van der Waals surface area contributed by atoms with Gasteiger partial charge in [0.25, 0.3) is 5.91 Å². The number of nitrogens with zero attached hydrogens (tertiary/aromatic N) is 1. The minimum Gasteiger partial charge on any atom is -0.274 e. The summed E-state index contributed by atoms with van der Waals surface area (Å²) in [7, 11) is 0. The molecule has 0 saturated carbocycles. The first-order valence-electron chi connectivity index (χ1n) is 5.04. The summed E-state index contributed by atoms with van der Waals surface area (Å²) in [6.07, 6.45) is 1.40. The molecule has 1 aromatic carbocycles. The third kappa shape index (κ3) is 2.34. The number of halogens is 1. The molecule has 0 unspecified atom stereocenters. The number of thiocarbonyl (C=S) groups is 1. The first kappa shape index (κ1) is 12.9. The van der Waals surface area contributed by atoms with Crippen molar-refractivity contribution in [3.63, 3.8) is 0 Å². The second-order valence-corrected chi connectivity index (χ2v) is 5.23. The molecule has 1 aliphatic rings. The minimum absolute atomic E-state index is 0.176. The van der Waals surface area contributed by atoms with Gasteiger partial charge in [0.2, 0.25) is 5.91 Å². The van der Waals surface area contributed by atoms with Crippen LogP contribution in [0.1, 0.15) is 12.5 Å². The maximum absolute atomic E-state index is 13.4. The number of carbonyl (C=O) groups excluding carboxylic acids is 2. The van der Waals surface area contributed by atoms with Crippen LogP contribution >= 0.6 is 24.0 Å². The van der Waals surface area contributed by atoms with Crippen molar-refractivity contribution >= 4 is 46.2 Å². The fourth-order valence-electron chi connectivity index (χ4n) is 1.47. The highest BCUT2D eigenvalue weighted by atomic mass is 32.2. The number of carbonyl (C=O) groups is 2. The fraction of sp³-hybridized carbons (Fsp3) is 0.0833. The maximum Gasteiger partial charge on any atom is 0.273 e. The molecule has 1 saturated heterocycles. The first-order valence-corrected chi connectivity index (χ1v) is 6.26. The Morgan fingerprint density at radius 1 is 1.44 bits per heavy atom. The Hall–Kier alpha value is -1.53. The Morgan fingerprint density at radius 3 is 2.67 bits per heavy atom. The SMILES string of the molecule is CC(=O)N1C(=O)/C(=C\c2ccccc2F)SC1=S. The number of benzene rings is 1. The molecule has 0 N–H and O–H groups in total. The Morgan fingerprint density at radius 2 is 2.11 bits per heavy atom. The molecule has 3 nitrogen and oxygen atoms in total. The molecular weight excluding hydrogens is 273 g/mol. The lowest BCUT2D eigenvalue weighted by molar-refractivity contribution is -0.135. The van der Waals surface area contributed by atoms with E-state index in [0.29, 0.717) is 5.56 Å². The van der Waals surface area contributed by atoms with Crippen LogP contribution in [-0.2, 0) is 9.59 Å². The zero-order valence-electron chi connectivity index (χ0n) is 9.34. The van der Waals surface area contributed by atoms with E-state index < -0.39 is 17.6 Å². The van der Waals surface area contributed by atoms with Crippen molar-refractivity contribution in [2.24, 2.45) is 0 Å². The van der Waals surface area contributed by atoms with E-state index in [0.717, 1.165) is 16.7 Å². The van der Waals surface area contributed by atoms with Gasteiger partial charge in [-0.3, -0.25) is 9.59 Å². The molecule has 6 heteroatoms. The van der Waals surface area contributed by atoms with Gasteiger partial charge >= 0.3 is 0 Å². The molecule has 0 radical (unpaired) electrons. The summed E-state index contributed by atoms with van der Waals surface area (Å²) in [4.78, 5) is 24.3. The molecule has 1 heterocycles. The molecule has 1 aliphatic heterocycles. The van der Waals surface area contributed by atoms with Crippen molar-refractivity contribution in [2.45, 2.75) is 6.92 Å². The van der Waals surface area contributed by atoms with E-state index in [4.69, 9.17) is 12.2 Å². The van der Waals surface area contributed by atoms with Crippen LogP contribution in [-0.4, -0.2) is 21.0 Å². The van der Waals surface area contributed by atoms with Gasteiger partial charge in [0, 0.05) is 12.5 Å². The Balaban J connectivity index is 2.37. The molecular formula is C12H8FNO2S2. The fourth-order valence-corrected chi connectivity index (χ4v) is 2.81. The molecule has 0 atom stereocenters. The van der Waals surface area contributed by atoms with Gasteiger partial charge in [0.1, 0.15) is 5.82 Å². The van der Waals surface area contributed by atoms with Crippen molar-refractivity contribution in [1.29, 1.82) is 0 Å². The van der Waals surface area contributed by atoms with Gasteiger partial charge in [-0.15, -0.1) is 0 Å². The highest BCUT2D eigenvalue weighted by Crippen LogP contribution is 2.32. The van der Waals surface area contributed by atoms with E-state index in [1.165, 1.54) is 19.1 Å². The van der Waals surface area contributed by atoms with Gasteiger partial charge in [0.05, 0.1) is 4.91 Å². The summed E-state index contributed by atoms with van der Waals surface area (Å²) < 4.78 is 13.6. The summed E-state index contributed by atoms with van der Waals surface area (Å²) in [5.41, 5.74) is 0.293. The summed E-state index contributed by atoms with van der Waals surface area (Å²) >= 11 is 5.93. The zero-order chi connectivity index (χ0) is 13.3. The van der Waals surface area contributed by atoms with Crippen LogP contribution in [0, 0.1) is 5.82 Å². The first-order chi connectivity index (χ1) is 8.50. The quantitative estimate of drug-likeness (QED) is 0.585. The predicted molar refractivity (Wildman–Crippen MR) is 72.1 cm³/mol. The van der Waals surface area contributed by atoms with Crippen LogP contribution in [0.15, 0.2) is 29.2 Å². The molecule has 0 spiro atoms. The minimum atomic E-state index is -0.499. The van der Waals surface area contributed by atoms with Crippen LogP contribution < -0.4 is 0 Å². The standard InChI is InChI=1S/C12H8FNO2S2/c1-7(15)14-11(16)10(18-12(14)17)6-8-4-2-3-5-9(8)13/h2-6H,1H3/b10-6+. The van der Waals surface area contributed by atoms with Gasteiger partial charge in [-0.25, -0.2) is 9.29 Å². The highest BCUT2D eigenvalue weighted by Gasteiger charge is 2.34. The largest absolute Gasteiger partial charge is 0.274 e. The van der Waals surface area contributed by atoms with Gasteiger partial charge < -0.3 is 0 Å². The number of amides is 2. The van der Waals surface area contributed by atoms with E-state index in [1.54, 1.807) is 18.2 Å². The topological polar surface area (TPSA) is 37.4 Å². The van der Waals surface area contributed by atoms with E-state index in [-0.39, 0.29) is 9.23 Å². The van der Waals surface area contributed by atoms with Crippen molar-refractivity contribution in [2.75, 3.05) is 0 Å². The van der Waals surface area contributed by atoms with E-state index in [1.807, 2.05) is 0 Å². The molecule has 18 heavy (non-hydrogen) atoms. The molecule has 0 aliphatic carbocycles.